The van der Waals surface area contributed by atoms with E-state index in [4.69, 9.17) is 14.2 Å². The molecule has 3 rings (SSSR count). The summed E-state index contributed by atoms with van der Waals surface area (Å²) < 4.78 is 16.8. The Balaban J connectivity index is 1.51. The van der Waals surface area contributed by atoms with E-state index >= 15 is 0 Å². The standard InChI is InChI=1S/C23H25NO4/c1-3-20(28-19-13-12-17-8-4-5-9-18(17)16-19)23(25)24-14-15-27-22-11-7-6-10-21(22)26-2/h4-13,16,20H,3,14-15H2,1-2H3,(H,24,25)/t20-/m1/s1. The number of para-hydroxylation sites is 2. The molecule has 0 heterocycles. The van der Waals surface area contributed by atoms with Crippen molar-refractivity contribution >= 4 is 16.7 Å². The van der Waals surface area contributed by atoms with Crippen molar-refractivity contribution in [2.45, 2.75) is 19.4 Å². The number of benzene rings is 3. The van der Waals surface area contributed by atoms with Gasteiger partial charge in [0.1, 0.15) is 12.4 Å². The Morgan fingerprint density at radius 3 is 2.43 bits per heavy atom. The van der Waals surface area contributed by atoms with E-state index in [1.54, 1.807) is 7.11 Å². The first kappa shape index (κ1) is 19.5. The lowest BCUT2D eigenvalue weighted by atomic mass is 10.1. The summed E-state index contributed by atoms with van der Waals surface area (Å²) in [4.78, 5) is 12.5. The van der Waals surface area contributed by atoms with Crippen LogP contribution in [0.4, 0.5) is 0 Å². The zero-order valence-corrected chi connectivity index (χ0v) is 16.2. The number of methoxy groups -OCH3 is 1. The molecule has 0 bridgehead atoms. The van der Waals surface area contributed by atoms with E-state index in [-0.39, 0.29) is 5.91 Å². The highest BCUT2D eigenvalue weighted by Gasteiger charge is 2.18. The Hall–Kier alpha value is -3.21. The summed E-state index contributed by atoms with van der Waals surface area (Å²) >= 11 is 0. The summed E-state index contributed by atoms with van der Waals surface area (Å²) in [5.41, 5.74) is 0. The largest absolute Gasteiger partial charge is 0.493 e. The molecule has 146 valence electrons. The van der Waals surface area contributed by atoms with Gasteiger partial charge in [-0.1, -0.05) is 49.4 Å². The number of carbonyl (C=O) groups is 1. The lowest BCUT2D eigenvalue weighted by molar-refractivity contribution is -0.128. The van der Waals surface area contributed by atoms with Gasteiger partial charge >= 0.3 is 0 Å². The van der Waals surface area contributed by atoms with Gasteiger partial charge in [-0.05, 0) is 41.5 Å². The molecule has 0 aliphatic heterocycles. The van der Waals surface area contributed by atoms with Crippen LogP contribution in [0.25, 0.3) is 10.8 Å². The predicted octanol–water partition coefficient (Wildman–Crippen LogP) is 4.20. The molecule has 0 aliphatic carbocycles. The molecule has 1 atom stereocenters. The number of rotatable bonds is 9. The van der Waals surface area contributed by atoms with Crippen LogP contribution in [0.1, 0.15) is 13.3 Å². The molecule has 0 fully saturated rings. The number of carbonyl (C=O) groups excluding carboxylic acids is 1. The fourth-order valence-electron chi connectivity index (χ4n) is 2.91. The number of nitrogens with one attached hydrogen (secondary N) is 1. The van der Waals surface area contributed by atoms with Gasteiger partial charge in [-0.25, -0.2) is 0 Å². The molecule has 3 aromatic rings. The monoisotopic (exact) mass is 379 g/mol. The molecule has 1 amide bonds. The first-order valence-electron chi connectivity index (χ1n) is 9.40. The van der Waals surface area contributed by atoms with Gasteiger partial charge in [-0.15, -0.1) is 0 Å². The topological polar surface area (TPSA) is 56.8 Å². The van der Waals surface area contributed by atoms with E-state index in [0.29, 0.717) is 36.8 Å². The van der Waals surface area contributed by atoms with E-state index in [2.05, 4.69) is 5.32 Å². The van der Waals surface area contributed by atoms with Crippen molar-refractivity contribution in [2.75, 3.05) is 20.3 Å². The van der Waals surface area contributed by atoms with E-state index in [9.17, 15) is 4.79 Å². The molecule has 5 nitrogen and oxygen atoms in total. The molecule has 28 heavy (non-hydrogen) atoms. The zero-order chi connectivity index (χ0) is 19.8. The van der Waals surface area contributed by atoms with Crippen LogP contribution in [-0.2, 0) is 4.79 Å². The van der Waals surface area contributed by atoms with Crippen molar-refractivity contribution in [2.24, 2.45) is 0 Å². The minimum atomic E-state index is -0.549. The van der Waals surface area contributed by atoms with Crippen LogP contribution in [0.5, 0.6) is 17.2 Å². The molecule has 0 saturated carbocycles. The number of hydrogen-bond donors (Lipinski definition) is 1. The van der Waals surface area contributed by atoms with E-state index in [0.717, 1.165) is 10.8 Å². The van der Waals surface area contributed by atoms with E-state index in [1.807, 2.05) is 73.7 Å². The fraction of sp³-hybridized carbons (Fsp3) is 0.261. The summed E-state index contributed by atoms with van der Waals surface area (Å²) in [6.07, 6.45) is 0.0267. The van der Waals surface area contributed by atoms with Crippen LogP contribution in [0.15, 0.2) is 66.7 Å². The van der Waals surface area contributed by atoms with Gasteiger partial charge in [0.25, 0.3) is 5.91 Å². The molecule has 0 unspecified atom stereocenters. The minimum absolute atomic E-state index is 0.153. The molecular weight excluding hydrogens is 354 g/mol. The van der Waals surface area contributed by atoms with Gasteiger partial charge in [0.2, 0.25) is 0 Å². The average Bonchev–Trinajstić information content (AvgIpc) is 2.75. The van der Waals surface area contributed by atoms with Crippen LogP contribution >= 0.6 is 0 Å². The Bertz CT molecular complexity index is 925. The summed E-state index contributed by atoms with van der Waals surface area (Å²) in [6, 6.07) is 21.3. The number of amides is 1. The van der Waals surface area contributed by atoms with Crippen LogP contribution in [-0.4, -0.2) is 32.3 Å². The second kappa shape index (κ2) is 9.65. The number of fused-ring (bicyclic) bond motifs is 1. The smallest absolute Gasteiger partial charge is 0.261 e. The normalized spacial score (nSPS) is 11.6. The lowest BCUT2D eigenvalue weighted by Gasteiger charge is -2.18. The van der Waals surface area contributed by atoms with Crippen LogP contribution < -0.4 is 19.5 Å². The van der Waals surface area contributed by atoms with Crippen LogP contribution in [0.2, 0.25) is 0 Å². The van der Waals surface area contributed by atoms with Crippen molar-refractivity contribution < 1.29 is 19.0 Å². The molecule has 0 aliphatic rings. The van der Waals surface area contributed by atoms with Crippen molar-refractivity contribution in [3.8, 4) is 17.2 Å². The van der Waals surface area contributed by atoms with Crippen LogP contribution in [0, 0.1) is 0 Å². The minimum Gasteiger partial charge on any atom is -0.493 e. The molecule has 5 heteroatoms. The third kappa shape index (κ3) is 4.94. The first-order valence-corrected chi connectivity index (χ1v) is 9.40. The SMILES string of the molecule is CC[C@@H](Oc1ccc2ccccc2c1)C(=O)NCCOc1ccccc1OC. The summed E-state index contributed by atoms with van der Waals surface area (Å²) in [7, 11) is 1.60. The maximum Gasteiger partial charge on any atom is 0.261 e. The molecular formula is C23H25NO4. The second-order valence-corrected chi connectivity index (χ2v) is 6.31. The highest BCUT2D eigenvalue weighted by molar-refractivity contribution is 5.84. The van der Waals surface area contributed by atoms with Gasteiger partial charge in [-0.2, -0.15) is 0 Å². The van der Waals surface area contributed by atoms with Crippen molar-refractivity contribution in [1.82, 2.24) is 5.32 Å². The van der Waals surface area contributed by atoms with E-state index < -0.39 is 6.10 Å². The number of ether oxygens (including phenoxy) is 3. The third-order valence-electron chi connectivity index (χ3n) is 4.39. The average molecular weight is 379 g/mol. The van der Waals surface area contributed by atoms with Gasteiger partial charge in [0.05, 0.1) is 13.7 Å². The molecule has 0 saturated heterocycles. The highest BCUT2D eigenvalue weighted by Crippen LogP contribution is 2.25. The molecule has 1 N–H and O–H groups in total. The summed E-state index contributed by atoms with van der Waals surface area (Å²) in [6.45, 7) is 2.66. The van der Waals surface area contributed by atoms with Gasteiger partial charge < -0.3 is 19.5 Å². The van der Waals surface area contributed by atoms with Crippen molar-refractivity contribution in [3.05, 3.63) is 66.7 Å². The first-order chi connectivity index (χ1) is 13.7. The van der Waals surface area contributed by atoms with Crippen LogP contribution in [0.3, 0.4) is 0 Å². The molecule has 0 spiro atoms. The Morgan fingerprint density at radius 1 is 0.964 bits per heavy atom. The maximum atomic E-state index is 12.5. The molecule has 0 aromatic heterocycles. The van der Waals surface area contributed by atoms with Gasteiger partial charge in [-0.3, -0.25) is 4.79 Å². The van der Waals surface area contributed by atoms with Crippen molar-refractivity contribution in [3.63, 3.8) is 0 Å². The van der Waals surface area contributed by atoms with Gasteiger partial charge in [0.15, 0.2) is 17.6 Å². The Labute approximate surface area is 165 Å². The maximum absolute atomic E-state index is 12.5. The molecule has 3 aromatic carbocycles. The highest BCUT2D eigenvalue weighted by atomic mass is 16.5. The summed E-state index contributed by atoms with van der Waals surface area (Å²) in [5, 5.41) is 5.09. The van der Waals surface area contributed by atoms with E-state index in [1.165, 1.54) is 0 Å². The Morgan fingerprint density at radius 2 is 1.68 bits per heavy atom. The second-order valence-electron chi connectivity index (χ2n) is 6.31. The quantitative estimate of drug-likeness (QED) is 0.566. The summed E-state index contributed by atoms with van der Waals surface area (Å²) in [5.74, 6) is 1.85. The molecule has 0 radical (unpaired) electrons. The predicted molar refractivity (Wildman–Crippen MR) is 110 cm³/mol. The number of hydrogen-bond acceptors (Lipinski definition) is 4. The van der Waals surface area contributed by atoms with Gasteiger partial charge in [0, 0.05) is 0 Å². The lowest BCUT2D eigenvalue weighted by Crippen LogP contribution is -2.39. The zero-order valence-electron chi connectivity index (χ0n) is 16.2. The third-order valence-corrected chi connectivity index (χ3v) is 4.39. The Kier molecular flexibility index (Phi) is 6.73. The fourth-order valence-corrected chi connectivity index (χ4v) is 2.91. The van der Waals surface area contributed by atoms with Crippen molar-refractivity contribution in [1.29, 1.82) is 0 Å².